The summed E-state index contributed by atoms with van der Waals surface area (Å²) in [5, 5.41) is 43.1. The van der Waals surface area contributed by atoms with Crippen LogP contribution in [0.4, 0.5) is 0 Å². The molecule has 4 rings (SSSR count). The van der Waals surface area contributed by atoms with Gasteiger partial charge in [0.1, 0.15) is 0 Å². The minimum atomic E-state index is -0.417. The van der Waals surface area contributed by atoms with Gasteiger partial charge in [0.15, 0.2) is 0 Å². The van der Waals surface area contributed by atoms with E-state index >= 15 is 0 Å². The Morgan fingerprint density at radius 3 is 1.16 bits per heavy atom. The van der Waals surface area contributed by atoms with Crippen molar-refractivity contribution < 1.29 is 42.1 Å². The van der Waals surface area contributed by atoms with Gasteiger partial charge in [-0.1, -0.05) is 87.7 Å². The summed E-state index contributed by atoms with van der Waals surface area (Å²) in [6.07, 6.45) is 2.42. The Morgan fingerprint density at radius 1 is 0.581 bits per heavy atom. The molecule has 6 nitrogen and oxygen atoms in total. The zero-order valence-electron chi connectivity index (χ0n) is 18.1. The molecular formula is C24H26N2O4Ti. The van der Waals surface area contributed by atoms with E-state index in [1.54, 1.807) is 52.2 Å². The van der Waals surface area contributed by atoms with E-state index in [2.05, 4.69) is 9.97 Å². The minimum Gasteiger partial charge on any atom is -0.871 e. The zero-order chi connectivity index (χ0) is 22.5. The molecule has 0 saturated heterocycles. The molecule has 0 fully saturated rings. The van der Waals surface area contributed by atoms with E-state index in [0.717, 1.165) is 10.8 Å². The van der Waals surface area contributed by atoms with Crippen LogP contribution in [0.5, 0.6) is 11.5 Å². The van der Waals surface area contributed by atoms with E-state index in [-0.39, 0.29) is 33.2 Å². The molecule has 0 spiro atoms. The molecule has 0 unspecified atom stereocenters. The summed E-state index contributed by atoms with van der Waals surface area (Å²) in [6, 6.07) is 17.7. The number of benzene rings is 2. The molecule has 0 aliphatic carbocycles. The Bertz CT molecular complexity index is 927. The van der Waals surface area contributed by atoms with Crippen LogP contribution in [0.3, 0.4) is 0 Å². The third-order valence-corrected chi connectivity index (χ3v) is 3.19. The Morgan fingerprint density at radius 2 is 0.871 bits per heavy atom. The molecule has 0 aliphatic rings. The van der Waals surface area contributed by atoms with Crippen LogP contribution < -0.4 is 20.4 Å². The van der Waals surface area contributed by atoms with Gasteiger partial charge in [-0.25, -0.2) is 0 Å². The average Bonchev–Trinajstić information content (AvgIpc) is 2.69. The summed E-state index contributed by atoms with van der Waals surface area (Å²) < 4.78 is 0. The fourth-order valence-corrected chi connectivity index (χ4v) is 2.15. The van der Waals surface area contributed by atoms with Crippen LogP contribution in [-0.2, 0) is 21.7 Å². The third-order valence-electron chi connectivity index (χ3n) is 3.19. The normalized spacial score (nSPS) is 9.55. The van der Waals surface area contributed by atoms with Gasteiger partial charge >= 0.3 is 21.7 Å². The number of pyridine rings is 2. The van der Waals surface area contributed by atoms with Gasteiger partial charge in [-0.2, -0.15) is 0 Å². The first-order chi connectivity index (χ1) is 14.2. The van der Waals surface area contributed by atoms with Crippen molar-refractivity contribution in [1.29, 1.82) is 0 Å². The van der Waals surface area contributed by atoms with Crippen molar-refractivity contribution in [1.82, 2.24) is 9.97 Å². The molecule has 0 atom stereocenters. The zero-order valence-corrected chi connectivity index (χ0v) is 19.7. The van der Waals surface area contributed by atoms with Gasteiger partial charge in [-0.15, -0.1) is 12.2 Å². The van der Waals surface area contributed by atoms with E-state index in [1.807, 2.05) is 36.4 Å². The van der Waals surface area contributed by atoms with E-state index in [9.17, 15) is 20.4 Å². The molecule has 0 bridgehead atoms. The van der Waals surface area contributed by atoms with Crippen molar-refractivity contribution >= 4 is 21.8 Å². The van der Waals surface area contributed by atoms with E-state index in [0.29, 0.717) is 11.0 Å². The van der Waals surface area contributed by atoms with Crippen molar-refractivity contribution in [3.63, 3.8) is 0 Å². The quantitative estimate of drug-likeness (QED) is 0.376. The first-order valence-corrected chi connectivity index (χ1v) is 9.55. The summed E-state index contributed by atoms with van der Waals surface area (Å²) in [5.74, 6) is -0.0220. The van der Waals surface area contributed by atoms with Gasteiger partial charge in [-0.3, -0.25) is 9.97 Å². The summed E-state index contributed by atoms with van der Waals surface area (Å²) >= 11 is 0. The maximum Gasteiger partial charge on any atom is 4.00 e. The summed E-state index contributed by atoms with van der Waals surface area (Å²) in [7, 11) is 0. The molecule has 0 radical (unpaired) electrons. The summed E-state index contributed by atoms with van der Waals surface area (Å²) in [6.45, 7) is 6.44. The van der Waals surface area contributed by atoms with E-state index in [4.69, 9.17) is 0 Å². The van der Waals surface area contributed by atoms with Crippen LogP contribution in [0.2, 0.25) is 0 Å². The topological polar surface area (TPSA) is 118 Å². The minimum absolute atomic E-state index is 0. The summed E-state index contributed by atoms with van der Waals surface area (Å²) in [5.41, 5.74) is 1.10. The van der Waals surface area contributed by atoms with Crippen molar-refractivity contribution in [2.75, 3.05) is 0 Å². The number of para-hydroxylation sites is 2. The third kappa shape index (κ3) is 11.5. The second-order valence-corrected chi connectivity index (χ2v) is 6.76. The van der Waals surface area contributed by atoms with Crippen LogP contribution in [0.1, 0.15) is 27.7 Å². The largest absolute Gasteiger partial charge is 4.00 e. The van der Waals surface area contributed by atoms with E-state index in [1.165, 1.54) is 12.1 Å². The molecule has 31 heavy (non-hydrogen) atoms. The van der Waals surface area contributed by atoms with Crippen LogP contribution in [-0.4, -0.2) is 22.2 Å². The fraction of sp³-hybridized carbons (Fsp3) is 0.250. The van der Waals surface area contributed by atoms with Crippen LogP contribution in [0.25, 0.3) is 21.8 Å². The molecule has 0 amide bonds. The number of fused-ring (bicyclic) bond motifs is 2. The fourth-order valence-electron chi connectivity index (χ4n) is 2.15. The van der Waals surface area contributed by atoms with Gasteiger partial charge < -0.3 is 20.4 Å². The molecule has 0 N–H and O–H groups in total. The Labute approximate surface area is 198 Å². The standard InChI is InChI=1S/2C9H7NO.2C3H7O.Ti/c2*11-8-5-1-3-7-4-2-6-10-9(7)8;2*1-3(2)4;/h2*1-6,11H;2*3H,1-2H3;/q;;2*-1;+4/p-2. The van der Waals surface area contributed by atoms with Crippen molar-refractivity contribution in [2.24, 2.45) is 0 Å². The first-order valence-electron chi connectivity index (χ1n) is 9.55. The maximum atomic E-state index is 11.1. The number of rotatable bonds is 0. The monoisotopic (exact) mass is 454 g/mol. The molecule has 4 aromatic rings. The van der Waals surface area contributed by atoms with Gasteiger partial charge in [-0.05, 0) is 22.9 Å². The first kappa shape index (κ1) is 28.5. The average molecular weight is 454 g/mol. The molecule has 7 heteroatoms. The second kappa shape index (κ2) is 15.3. The Kier molecular flexibility index (Phi) is 14.1. The van der Waals surface area contributed by atoms with Crippen molar-refractivity contribution in [3.8, 4) is 11.5 Å². The molecule has 2 aromatic carbocycles. The Balaban J connectivity index is 0.000000427. The second-order valence-electron chi connectivity index (χ2n) is 6.76. The maximum absolute atomic E-state index is 11.1. The van der Waals surface area contributed by atoms with Crippen molar-refractivity contribution in [3.05, 3.63) is 73.1 Å². The van der Waals surface area contributed by atoms with Gasteiger partial charge in [0, 0.05) is 12.4 Å². The van der Waals surface area contributed by atoms with Crippen LogP contribution >= 0.6 is 0 Å². The number of hydrogen-bond acceptors (Lipinski definition) is 6. The molecular weight excluding hydrogens is 428 g/mol. The molecule has 2 aromatic heterocycles. The molecule has 0 aliphatic heterocycles. The van der Waals surface area contributed by atoms with Gasteiger partial charge in [0.2, 0.25) is 0 Å². The Hall–Kier alpha value is -2.51. The predicted molar refractivity (Wildman–Crippen MR) is 113 cm³/mol. The van der Waals surface area contributed by atoms with Crippen molar-refractivity contribution in [2.45, 2.75) is 39.9 Å². The molecule has 2 heterocycles. The number of hydrogen-bond donors (Lipinski definition) is 0. The smallest absolute Gasteiger partial charge is 0.871 e. The van der Waals surface area contributed by atoms with E-state index < -0.39 is 12.2 Å². The van der Waals surface area contributed by atoms with Gasteiger partial charge in [0.25, 0.3) is 0 Å². The van der Waals surface area contributed by atoms with Crippen LogP contribution in [0, 0.1) is 0 Å². The summed E-state index contributed by atoms with van der Waals surface area (Å²) in [4.78, 5) is 7.94. The number of aromatic nitrogens is 2. The van der Waals surface area contributed by atoms with Gasteiger partial charge in [0.05, 0.1) is 11.0 Å². The number of nitrogens with zero attached hydrogens (tertiary/aromatic N) is 2. The molecule has 160 valence electrons. The predicted octanol–water partition coefficient (Wildman–Crippen LogP) is 2.12. The SMILES string of the molecule is CC(C)[O-].CC(C)[O-].[O-]c1cccc2cccnc12.[O-]c1cccc2cccnc12.[Ti+4]. The molecule has 0 saturated carbocycles. The van der Waals surface area contributed by atoms with Crippen LogP contribution in [0.15, 0.2) is 73.1 Å².